The number of nitrogens with one attached hydrogen (secondary N) is 1. The lowest BCUT2D eigenvalue weighted by Crippen LogP contribution is -2.70. The number of para-hydroxylation sites is 1. The van der Waals surface area contributed by atoms with Gasteiger partial charge in [-0.05, 0) is 120 Å². The number of cyclic esters (lactones) is 1. The molecule has 0 unspecified atom stereocenters. The van der Waals surface area contributed by atoms with Crippen LogP contribution in [-0.2, 0) is 33.2 Å². The highest BCUT2D eigenvalue weighted by molar-refractivity contribution is 5.73. The smallest absolute Gasteiger partial charge is 0.311 e. The number of nitrogens with zero attached hydrogens (tertiary/aromatic N) is 2. The maximum atomic E-state index is 14.6. The lowest BCUT2D eigenvalue weighted by molar-refractivity contribution is -0.335. The fourth-order valence-electron chi connectivity index (χ4n) is 10.3. The van der Waals surface area contributed by atoms with E-state index in [1.165, 1.54) is 6.92 Å². The minimum Gasteiger partial charge on any atom is -0.483 e. The molecule has 0 aliphatic carbocycles. The molecule has 4 rings (SSSR count). The first-order chi connectivity index (χ1) is 29.4. The van der Waals surface area contributed by atoms with Crippen LogP contribution in [0.3, 0.4) is 0 Å². The quantitative estimate of drug-likeness (QED) is 0.139. The first-order valence-corrected chi connectivity index (χ1v) is 23.4. The maximum absolute atomic E-state index is 14.6. The summed E-state index contributed by atoms with van der Waals surface area (Å²) < 4.78 is 46.3. The largest absolute Gasteiger partial charge is 0.483 e. The van der Waals surface area contributed by atoms with E-state index in [9.17, 15) is 25.2 Å². The van der Waals surface area contributed by atoms with Gasteiger partial charge in [-0.1, -0.05) is 45.9 Å². The Kier molecular flexibility index (Phi) is 18.9. The molecule has 0 aromatic heterocycles. The lowest BCUT2D eigenvalue weighted by atomic mass is 9.75. The first-order valence-electron chi connectivity index (χ1n) is 23.4. The molecule has 1 aromatic rings. The molecule has 364 valence electrons. The molecule has 3 fully saturated rings. The van der Waals surface area contributed by atoms with Gasteiger partial charge in [0.05, 0.1) is 42.0 Å². The van der Waals surface area contributed by atoms with Gasteiger partial charge in [0, 0.05) is 38.6 Å². The number of aliphatic hydroxyl groups excluding tert-OH is 1. The molecule has 0 radical (unpaired) electrons. The highest BCUT2D eigenvalue weighted by Crippen LogP contribution is 2.43. The Morgan fingerprint density at radius 3 is 2.17 bits per heavy atom. The number of carbonyl (C=O) groups is 1. The van der Waals surface area contributed by atoms with E-state index in [4.69, 9.17) is 33.2 Å². The predicted molar refractivity (Wildman–Crippen MR) is 241 cm³/mol. The third-order valence-corrected chi connectivity index (χ3v) is 14.5. The zero-order valence-electron chi connectivity index (χ0n) is 41.1. The minimum absolute atomic E-state index is 0.103. The van der Waals surface area contributed by atoms with Crippen LogP contribution in [0.25, 0.3) is 0 Å². The highest BCUT2D eigenvalue weighted by atomic mass is 16.7. The Balaban J connectivity index is 1.87. The first kappa shape index (κ1) is 53.6. The van der Waals surface area contributed by atoms with Crippen molar-refractivity contribution in [3.8, 4) is 5.75 Å². The van der Waals surface area contributed by atoms with Gasteiger partial charge in [-0.15, -0.1) is 0 Å². The number of hydrogen-bond acceptors (Lipinski definition) is 15. The third kappa shape index (κ3) is 12.3. The van der Waals surface area contributed by atoms with Crippen LogP contribution in [0, 0.1) is 17.8 Å². The van der Waals surface area contributed by atoms with E-state index in [1.807, 2.05) is 91.0 Å². The van der Waals surface area contributed by atoms with Gasteiger partial charge in [0.1, 0.15) is 34.8 Å². The number of ether oxygens (including phenoxy) is 7. The molecule has 18 atom stereocenters. The van der Waals surface area contributed by atoms with Crippen LogP contribution in [0.2, 0.25) is 0 Å². The summed E-state index contributed by atoms with van der Waals surface area (Å²) in [5, 5.41) is 52.1. The predicted octanol–water partition coefficient (Wildman–Crippen LogP) is 4.36. The molecule has 3 saturated heterocycles. The van der Waals surface area contributed by atoms with Crippen molar-refractivity contribution >= 4 is 5.97 Å². The van der Waals surface area contributed by atoms with Gasteiger partial charge in [-0.25, -0.2) is 0 Å². The zero-order valence-corrected chi connectivity index (χ0v) is 41.1. The lowest BCUT2D eigenvalue weighted by Gasteiger charge is -2.53. The summed E-state index contributed by atoms with van der Waals surface area (Å²) in [6, 6.07) is 8.84. The van der Waals surface area contributed by atoms with E-state index in [0.29, 0.717) is 25.3 Å². The minimum atomic E-state index is -1.81. The summed E-state index contributed by atoms with van der Waals surface area (Å²) in [4.78, 5) is 18.7. The van der Waals surface area contributed by atoms with Crippen LogP contribution in [-0.4, -0.2) is 174 Å². The number of esters is 1. The van der Waals surface area contributed by atoms with E-state index >= 15 is 0 Å². The Morgan fingerprint density at radius 1 is 0.937 bits per heavy atom. The van der Waals surface area contributed by atoms with E-state index in [0.717, 1.165) is 6.42 Å². The molecule has 15 nitrogen and oxygen atoms in total. The van der Waals surface area contributed by atoms with Crippen molar-refractivity contribution in [2.75, 3.05) is 47.9 Å². The van der Waals surface area contributed by atoms with Crippen molar-refractivity contribution in [3.05, 3.63) is 30.3 Å². The number of likely N-dealkylation sites (N-methyl/N-ethyl adjacent to an activating group) is 2. The van der Waals surface area contributed by atoms with Crippen molar-refractivity contribution in [1.29, 1.82) is 0 Å². The van der Waals surface area contributed by atoms with Crippen LogP contribution < -0.4 is 10.1 Å². The van der Waals surface area contributed by atoms with Gasteiger partial charge in [0.25, 0.3) is 0 Å². The number of rotatable bonds is 13. The van der Waals surface area contributed by atoms with Crippen LogP contribution in [0.15, 0.2) is 30.3 Å². The molecule has 1 aromatic carbocycles. The molecule has 0 spiro atoms. The standard InChI is InChI=1S/C48H85N3O12/c1-16-23-49-28-48(56)34(8)59-38(26-46(48,10)57-15)62-39-31(5)42(63-44-40(60-35-21-19-18-20-22-35)36(50(12)13)24-30(4)58-44)45(9,54)25-29(3)27-51(14)33(7)41(52)47(11,55)37(17-2)61-43(53)32(39)6/h18-22,29-34,36-42,44,49,52,54-56H,16-17,23-28H2,1-15H3/t29-,30-,31+,32-,33-,34+,36+,37-,38+,39+,40-,41-,42-,44+,45-,46-,47-,48+/m1/s1. The summed E-state index contributed by atoms with van der Waals surface area (Å²) in [5.41, 5.74) is -5.95. The number of hydrogen-bond donors (Lipinski definition) is 5. The van der Waals surface area contributed by atoms with Crippen molar-refractivity contribution < 1.29 is 58.4 Å². The van der Waals surface area contributed by atoms with Crippen molar-refractivity contribution in [2.45, 2.75) is 198 Å². The molecule has 0 amide bonds. The fourth-order valence-corrected chi connectivity index (χ4v) is 10.3. The van der Waals surface area contributed by atoms with Crippen LogP contribution in [0.1, 0.15) is 108 Å². The van der Waals surface area contributed by atoms with Crippen LogP contribution in [0.4, 0.5) is 0 Å². The summed E-state index contributed by atoms with van der Waals surface area (Å²) in [6.45, 7) is 21.5. The molecule has 5 N–H and O–H groups in total. The summed E-state index contributed by atoms with van der Waals surface area (Å²) >= 11 is 0. The molecule has 0 saturated carbocycles. The third-order valence-electron chi connectivity index (χ3n) is 14.5. The van der Waals surface area contributed by atoms with Crippen molar-refractivity contribution in [1.82, 2.24) is 15.1 Å². The Morgan fingerprint density at radius 2 is 1.59 bits per heavy atom. The summed E-state index contributed by atoms with van der Waals surface area (Å²) in [5.74, 6) is -1.95. The number of benzene rings is 1. The molecular weight excluding hydrogens is 811 g/mol. The maximum Gasteiger partial charge on any atom is 0.311 e. The van der Waals surface area contributed by atoms with E-state index in [2.05, 4.69) is 17.1 Å². The molecule has 3 aliphatic heterocycles. The normalized spacial score (nSPS) is 44.1. The number of carbonyl (C=O) groups excluding carboxylic acids is 1. The van der Waals surface area contributed by atoms with Gasteiger partial charge in [0.2, 0.25) is 0 Å². The van der Waals surface area contributed by atoms with Gasteiger partial charge in [-0.2, -0.15) is 0 Å². The van der Waals surface area contributed by atoms with E-state index in [1.54, 1.807) is 34.8 Å². The average Bonchev–Trinajstić information content (AvgIpc) is 3.22. The summed E-state index contributed by atoms with van der Waals surface area (Å²) in [6.07, 6.45) is -5.88. The molecule has 3 heterocycles. The topological polar surface area (TPSA) is 181 Å². The van der Waals surface area contributed by atoms with E-state index in [-0.39, 0.29) is 43.9 Å². The van der Waals surface area contributed by atoms with Gasteiger partial charge < -0.3 is 68.7 Å². The average molecular weight is 896 g/mol. The Labute approximate surface area is 378 Å². The number of methoxy groups -OCH3 is 1. The molecule has 0 bridgehead atoms. The second-order valence-electron chi connectivity index (χ2n) is 20.1. The Bertz CT molecular complexity index is 1560. The monoisotopic (exact) mass is 896 g/mol. The second-order valence-corrected chi connectivity index (χ2v) is 20.1. The highest BCUT2D eigenvalue weighted by Gasteiger charge is 2.58. The molecule has 15 heteroatoms. The van der Waals surface area contributed by atoms with E-state index < -0.39 is 95.5 Å². The Hall–Kier alpha value is -1.99. The molecular formula is C48H85N3O12. The SMILES string of the molecule is CCCNC[C@]1(O)[C@H](C)O[C@@H](O[C@H]2[C@H](C)[C@@H](O[C@@H]3O[C@H](C)C[C@H](N(C)C)[C@H]3Oc3ccccc3)[C@](C)(O)C[C@@H](C)CN(C)[C@H](C)[C@@H](O)[C@](C)(O)[C@@H](CC)OC(=O)[C@@H]2C)C[C@@]1(C)OC. The van der Waals surface area contributed by atoms with Gasteiger partial charge in [0.15, 0.2) is 18.7 Å². The van der Waals surface area contributed by atoms with Gasteiger partial charge in [-0.3, -0.25) is 4.79 Å². The zero-order chi connectivity index (χ0) is 47.2. The van der Waals surface area contributed by atoms with Crippen molar-refractivity contribution in [2.24, 2.45) is 17.8 Å². The molecule has 3 aliphatic rings. The van der Waals surface area contributed by atoms with Gasteiger partial charge >= 0.3 is 5.97 Å². The fraction of sp³-hybridized carbons (Fsp3) is 0.854. The van der Waals surface area contributed by atoms with Crippen LogP contribution in [0.5, 0.6) is 5.75 Å². The summed E-state index contributed by atoms with van der Waals surface area (Å²) in [7, 11) is 7.42. The van der Waals surface area contributed by atoms with Crippen LogP contribution >= 0.6 is 0 Å². The number of aliphatic hydroxyl groups is 4. The van der Waals surface area contributed by atoms with Crippen molar-refractivity contribution in [3.63, 3.8) is 0 Å². The second kappa shape index (κ2) is 22.2. The molecule has 63 heavy (non-hydrogen) atoms.